The number of nitrogens with two attached hydrogens (primary N) is 1. The van der Waals surface area contributed by atoms with Crippen molar-refractivity contribution in [1.82, 2.24) is 9.80 Å². The molecule has 2 N–H and O–H groups in total. The highest BCUT2D eigenvalue weighted by Gasteiger charge is 2.49. The van der Waals surface area contributed by atoms with Gasteiger partial charge in [0.05, 0.1) is 10.4 Å². The first-order chi connectivity index (χ1) is 9.01. The summed E-state index contributed by atoms with van der Waals surface area (Å²) in [4.78, 5) is 17.4. The number of piperidine rings is 1. The van der Waals surface area contributed by atoms with Gasteiger partial charge in [0.2, 0.25) is 5.91 Å². The summed E-state index contributed by atoms with van der Waals surface area (Å²) in [6, 6.07) is 0.349. The van der Waals surface area contributed by atoms with E-state index in [4.69, 9.17) is 18.0 Å². The number of hydrogen-bond acceptors (Lipinski definition) is 3. The van der Waals surface area contributed by atoms with Crippen molar-refractivity contribution in [2.24, 2.45) is 11.1 Å². The molecule has 1 amide bonds. The van der Waals surface area contributed by atoms with E-state index in [1.807, 2.05) is 11.9 Å². The summed E-state index contributed by atoms with van der Waals surface area (Å²) in [7, 11) is 1.92. The van der Waals surface area contributed by atoms with E-state index in [0.29, 0.717) is 11.0 Å². The lowest BCUT2D eigenvalue weighted by Crippen LogP contribution is -2.57. The molecule has 4 nitrogen and oxygen atoms in total. The summed E-state index contributed by atoms with van der Waals surface area (Å²) in [6.45, 7) is 5.45. The number of likely N-dealkylation sites (tertiary alicyclic amines) is 1. The molecule has 5 heteroatoms. The first-order valence-electron chi connectivity index (χ1n) is 7.31. The minimum absolute atomic E-state index is 0.154. The van der Waals surface area contributed by atoms with Crippen molar-refractivity contribution in [1.29, 1.82) is 0 Å². The number of hydrogen-bond donors (Lipinski definition) is 1. The first-order valence-corrected chi connectivity index (χ1v) is 7.71. The van der Waals surface area contributed by atoms with Crippen LogP contribution in [0.4, 0.5) is 0 Å². The van der Waals surface area contributed by atoms with Gasteiger partial charge >= 0.3 is 0 Å². The van der Waals surface area contributed by atoms with Gasteiger partial charge in [0.15, 0.2) is 0 Å². The van der Waals surface area contributed by atoms with Gasteiger partial charge in [-0.25, -0.2) is 0 Å². The highest BCUT2D eigenvalue weighted by atomic mass is 32.1. The number of carbonyl (C=O) groups is 1. The van der Waals surface area contributed by atoms with Gasteiger partial charge in [-0.05, 0) is 32.2 Å². The van der Waals surface area contributed by atoms with Crippen LogP contribution < -0.4 is 5.73 Å². The molecule has 2 aliphatic rings. The molecule has 0 unspecified atom stereocenters. The summed E-state index contributed by atoms with van der Waals surface area (Å²) in [6.07, 6.45) is 4.84. The molecule has 1 saturated carbocycles. The molecule has 1 saturated heterocycles. The summed E-state index contributed by atoms with van der Waals surface area (Å²) in [5.74, 6) is 0.154. The molecule has 2 fully saturated rings. The standard InChI is InChI=1S/C14H25N3OS/c1-3-17-9-5-11(6-10-17)16(2)13(18)14(12(15)19)7-4-8-14/h11H,3-10H2,1-2H3,(H2,15,19). The molecule has 2 rings (SSSR count). The van der Waals surface area contributed by atoms with Gasteiger partial charge in [0.1, 0.15) is 0 Å². The second kappa shape index (κ2) is 5.75. The van der Waals surface area contributed by atoms with Crippen LogP contribution in [0.2, 0.25) is 0 Å². The molecule has 0 aromatic carbocycles. The molecule has 0 atom stereocenters. The van der Waals surface area contributed by atoms with Gasteiger partial charge in [-0.15, -0.1) is 0 Å². The van der Waals surface area contributed by atoms with E-state index in [1.54, 1.807) is 0 Å². The van der Waals surface area contributed by atoms with Crippen LogP contribution in [0.1, 0.15) is 39.0 Å². The molecule has 0 aromatic heterocycles. The number of amides is 1. The molecular weight excluding hydrogens is 258 g/mol. The van der Waals surface area contributed by atoms with Crippen molar-refractivity contribution in [3.63, 3.8) is 0 Å². The summed E-state index contributed by atoms with van der Waals surface area (Å²) >= 11 is 5.14. The first kappa shape index (κ1) is 14.7. The van der Waals surface area contributed by atoms with Crippen molar-refractivity contribution < 1.29 is 4.79 Å². The maximum absolute atomic E-state index is 12.7. The molecule has 0 bridgehead atoms. The van der Waals surface area contributed by atoms with Crippen molar-refractivity contribution in [2.45, 2.75) is 45.1 Å². The topological polar surface area (TPSA) is 49.6 Å². The maximum Gasteiger partial charge on any atom is 0.235 e. The van der Waals surface area contributed by atoms with Crippen LogP contribution >= 0.6 is 12.2 Å². The Morgan fingerprint density at radius 1 is 1.42 bits per heavy atom. The lowest BCUT2D eigenvalue weighted by atomic mass is 9.67. The minimum Gasteiger partial charge on any atom is -0.392 e. The minimum atomic E-state index is -0.522. The van der Waals surface area contributed by atoms with Crippen LogP contribution in [-0.4, -0.2) is 53.4 Å². The fourth-order valence-corrected chi connectivity index (χ4v) is 3.51. The van der Waals surface area contributed by atoms with Gasteiger partial charge in [0, 0.05) is 26.2 Å². The van der Waals surface area contributed by atoms with Gasteiger partial charge in [-0.2, -0.15) is 0 Å². The van der Waals surface area contributed by atoms with Crippen LogP contribution in [0.3, 0.4) is 0 Å². The Labute approximate surface area is 121 Å². The van der Waals surface area contributed by atoms with Crippen LogP contribution in [0.25, 0.3) is 0 Å². The predicted molar refractivity (Wildman–Crippen MR) is 81.0 cm³/mol. The Kier molecular flexibility index (Phi) is 4.46. The summed E-state index contributed by atoms with van der Waals surface area (Å²) in [5, 5.41) is 0. The molecule has 19 heavy (non-hydrogen) atoms. The van der Waals surface area contributed by atoms with Crippen LogP contribution in [0.5, 0.6) is 0 Å². The average molecular weight is 283 g/mol. The molecule has 108 valence electrons. The number of carbonyl (C=O) groups excluding carboxylic acids is 1. The van der Waals surface area contributed by atoms with E-state index in [-0.39, 0.29) is 5.91 Å². The zero-order valence-corrected chi connectivity index (χ0v) is 12.8. The summed E-state index contributed by atoms with van der Waals surface area (Å²) in [5.41, 5.74) is 5.30. The Morgan fingerprint density at radius 3 is 2.37 bits per heavy atom. The van der Waals surface area contributed by atoms with Crippen LogP contribution in [-0.2, 0) is 4.79 Å². The molecule has 1 aliphatic heterocycles. The van der Waals surface area contributed by atoms with E-state index in [0.717, 1.165) is 51.7 Å². The Hall–Kier alpha value is -0.680. The van der Waals surface area contributed by atoms with E-state index in [9.17, 15) is 4.79 Å². The van der Waals surface area contributed by atoms with Crippen LogP contribution in [0.15, 0.2) is 0 Å². The van der Waals surface area contributed by atoms with E-state index in [2.05, 4.69) is 11.8 Å². The van der Waals surface area contributed by atoms with Crippen molar-refractivity contribution >= 4 is 23.1 Å². The number of rotatable bonds is 4. The Bertz CT molecular complexity index is 360. The predicted octanol–water partition coefficient (Wildman–Crippen LogP) is 1.39. The molecule has 1 aliphatic carbocycles. The van der Waals surface area contributed by atoms with Gasteiger partial charge in [-0.3, -0.25) is 4.79 Å². The number of nitrogens with zero attached hydrogens (tertiary/aromatic N) is 2. The second-order valence-electron chi connectivity index (χ2n) is 5.88. The molecule has 1 heterocycles. The monoisotopic (exact) mass is 283 g/mol. The lowest BCUT2D eigenvalue weighted by Gasteiger charge is -2.45. The zero-order chi connectivity index (χ0) is 14.0. The van der Waals surface area contributed by atoms with Crippen molar-refractivity contribution in [2.75, 3.05) is 26.7 Å². The van der Waals surface area contributed by atoms with Crippen LogP contribution in [0, 0.1) is 5.41 Å². The molecule has 0 aromatic rings. The quantitative estimate of drug-likeness (QED) is 0.792. The third-order valence-electron chi connectivity index (χ3n) is 4.96. The van der Waals surface area contributed by atoms with Gasteiger partial charge in [-0.1, -0.05) is 25.6 Å². The van der Waals surface area contributed by atoms with Gasteiger partial charge < -0.3 is 15.5 Å². The smallest absolute Gasteiger partial charge is 0.235 e. The van der Waals surface area contributed by atoms with Gasteiger partial charge in [0.25, 0.3) is 0 Å². The fourth-order valence-electron chi connectivity index (χ4n) is 3.22. The SMILES string of the molecule is CCN1CCC(N(C)C(=O)C2(C(N)=S)CCC2)CC1. The van der Waals surface area contributed by atoms with E-state index in [1.165, 1.54) is 0 Å². The maximum atomic E-state index is 12.7. The molecule has 0 spiro atoms. The van der Waals surface area contributed by atoms with E-state index < -0.39 is 5.41 Å². The molecular formula is C14H25N3OS. The lowest BCUT2D eigenvalue weighted by molar-refractivity contribution is -0.143. The fraction of sp³-hybridized carbons (Fsp3) is 0.857. The average Bonchev–Trinajstić information content (AvgIpc) is 2.36. The zero-order valence-electron chi connectivity index (χ0n) is 12.0. The largest absolute Gasteiger partial charge is 0.392 e. The third-order valence-corrected chi connectivity index (χ3v) is 5.35. The normalized spacial score (nSPS) is 23.7. The van der Waals surface area contributed by atoms with Crippen molar-refractivity contribution in [3.8, 4) is 0 Å². The highest BCUT2D eigenvalue weighted by Crippen LogP contribution is 2.43. The highest BCUT2D eigenvalue weighted by molar-refractivity contribution is 7.80. The van der Waals surface area contributed by atoms with Crippen molar-refractivity contribution in [3.05, 3.63) is 0 Å². The number of thiocarbonyl (C=S) groups is 1. The summed E-state index contributed by atoms with van der Waals surface area (Å²) < 4.78 is 0. The Morgan fingerprint density at radius 2 is 2.00 bits per heavy atom. The third kappa shape index (κ3) is 2.63. The molecule has 0 radical (unpaired) electrons. The Balaban J connectivity index is 1.98. The second-order valence-corrected chi connectivity index (χ2v) is 6.32. The van der Waals surface area contributed by atoms with E-state index >= 15 is 0 Å².